The molecular formula is C29H24FN5O8. The van der Waals surface area contributed by atoms with Crippen LogP contribution in [0, 0.1) is 15.9 Å². The lowest BCUT2D eigenvalue weighted by molar-refractivity contribution is -0.384. The number of aromatic amines is 1. The first-order chi connectivity index (χ1) is 20.8. The molecule has 0 bridgehead atoms. The number of fused-ring (bicyclic) bond motifs is 4. The van der Waals surface area contributed by atoms with Gasteiger partial charge in [-0.1, -0.05) is 0 Å². The number of anilines is 1. The molecule has 1 saturated heterocycles. The predicted molar refractivity (Wildman–Crippen MR) is 155 cm³/mol. The zero-order chi connectivity index (χ0) is 29.8. The quantitative estimate of drug-likeness (QED) is 0.0768. The molecule has 7 rings (SSSR count). The van der Waals surface area contributed by atoms with Crippen LogP contribution in [-0.2, 0) is 4.74 Å². The largest absolute Gasteiger partial charge is 0.477 e. The molecule has 0 unspecified atom stereocenters. The fourth-order valence-corrected chi connectivity index (χ4v) is 5.56. The number of hydrogen-bond donors (Lipinski definition) is 3. The molecule has 0 saturated carbocycles. The first-order valence-electron chi connectivity index (χ1n) is 13.6. The average Bonchev–Trinajstić information content (AvgIpc) is 2.99. The fraction of sp³-hybridized carbons (Fsp3) is 0.241. The molecule has 14 heteroatoms. The number of carboxylic acid groups (broad SMARTS) is 1. The van der Waals surface area contributed by atoms with Gasteiger partial charge in [-0.25, -0.2) is 9.18 Å². The van der Waals surface area contributed by atoms with Crippen molar-refractivity contribution in [2.45, 2.75) is 6.42 Å². The number of nitrogens with one attached hydrogen (secondary N) is 2. The molecule has 1 aliphatic heterocycles. The van der Waals surface area contributed by atoms with E-state index < -0.39 is 27.7 Å². The molecule has 0 aliphatic carbocycles. The number of non-ortho nitro benzene ring substituents is 1. The van der Waals surface area contributed by atoms with Gasteiger partial charge in [0.05, 0.1) is 46.1 Å². The molecule has 0 amide bonds. The Morgan fingerprint density at radius 2 is 1.88 bits per heavy atom. The third kappa shape index (κ3) is 4.56. The fourth-order valence-electron chi connectivity index (χ4n) is 5.56. The molecule has 3 aromatic carbocycles. The number of halogens is 1. The minimum absolute atomic E-state index is 0.0515. The van der Waals surface area contributed by atoms with Gasteiger partial charge >= 0.3 is 5.97 Å². The van der Waals surface area contributed by atoms with E-state index in [1.807, 2.05) is 0 Å². The number of H-pyrrole nitrogens is 1. The monoisotopic (exact) mass is 589 g/mol. The van der Waals surface area contributed by atoms with E-state index in [1.165, 1.54) is 28.8 Å². The molecule has 0 atom stereocenters. The van der Waals surface area contributed by atoms with Crippen LogP contribution in [0.25, 0.3) is 49.8 Å². The normalized spacial score (nSPS) is 14.3. The summed E-state index contributed by atoms with van der Waals surface area (Å²) >= 11 is 0. The van der Waals surface area contributed by atoms with Crippen LogP contribution in [0.4, 0.5) is 15.8 Å². The van der Waals surface area contributed by atoms with Crippen LogP contribution in [0.2, 0.25) is 0 Å². The Labute approximate surface area is 239 Å². The van der Waals surface area contributed by atoms with Gasteiger partial charge < -0.3 is 33.4 Å². The Bertz CT molecular complexity index is 2190. The molecule has 220 valence electrons. The van der Waals surface area contributed by atoms with Gasteiger partial charge in [0.1, 0.15) is 16.8 Å². The predicted octanol–water partition coefficient (Wildman–Crippen LogP) is 4.87. The van der Waals surface area contributed by atoms with Gasteiger partial charge in [-0.05, 0) is 25.1 Å². The van der Waals surface area contributed by atoms with Crippen LogP contribution in [0.1, 0.15) is 16.8 Å². The van der Waals surface area contributed by atoms with Crippen molar-refractivity contribution in [2.75, 3.05) is 44.7 Å². The summed E-state index contributed by atoms with van der Waals surface area (Å²) < 4.78 is 34.7. The summed E-state index contributed by atoms with van der Waals surface area (Å²) in [5.74, 6) is -2.22. The van der Waals surface area contributed by atoms with Crippen LogP contribution < -0.4 is 10.7 Å². The second kappa shape index (κ2) is 10.3. The van der Waals surface area contributed by atoms with Crippen molar-refractivity contribution >= 4 is 67.1 Å². The van der Waals surface area contributed by atoms with Crippen LogP contribution in [0.3, 0.4) is 0 Å². The minimum atomic E-state index is -1.46. The number of pyridine rings is 1. The van der Waals surface area contributed by atoms with Crippen molar-refractivity contribution in [3.63, 3.8) is 0 Å². The van der Waals surface area contributed by atoms with Gasteiger partial charge in [-0.15, -0.1) is 0 Å². The van der Waals surface area contributed by atoms with E-state index in [2.05, 4.69) is 15.2 Å². The average molecular weight is 590 g/mol. The van der Waals surface area contributed by atoms with Crippen molar-refractivity contribution in [1.29, 1.82) is 0 Å². The Hall–Kier alpha value is -5.21. The summed E-state index contributed by atoms with van der Waals surface area (Å²) in [4.78, 5) is 41.3. The molecule has 1 fully saturated rings. The molecule has 3 N–H and O–H groups in total. The molecule has 1 aliphatic rings. The van der Waals surface area contributed by atoms with E-state index in [-0.39, 0.29) is 44.6 Å². The number of nitro groups is 1. The third-order valence-electron chi connectivity index (χ3n) is 7.68. The second-order valence-electron chi connectivity index (χ2n) is 10.3. The molecule has 6 aromatic rings. The number of hydrogen-bond acceptors (Lipinski definition) is 9. The topological polar surface area (TPSA) is 168 Å². The number of benzene rings is 3. The summed E-state index contributed by atoms with van der Waals surface area (Å²) in [5.41, 5.74) is 0.793. The molecule has 0 spiro atoms. The summed E-state index contributed by atoms with van der Waals surface area (Å²) in [6.45, 7) is 4.22. The van der Waals surface area contributed by atoms with Gasteiger partial charge in [-0.3, -0.25) is 19.8 Å². The van der Waals surface area contributed by atoms with E-state index in [4.69, 9.17) is 13.6 Å². The second-order valence-corrected chi connectivity index (χ2v) is 10.3. The Balaban J connectivity index is 1.42. The van der Waals surface area contributed by atoms with Crippen LogP contribution >= 0.6 is 0 Å². The minimum Gasteiger partial charge on any atom is -0.477 e. The van der Waals surface area contributed by atoms with E-state index in [0.717, 1.165) is 25.7 Å². The van der Waals surface area contributed by atoms with Gasteiger partial charge in [0.2, 0.25) is 5.43 Å². The van der Waals surface area contributed by atoms with Crippen molar-refractivity contribution < 1.29 is 32.8 Å². The first-order valence-corrected chi connectivity index (χ1v) is 13.6. The number of nitrogens with zero attached hydrogens (tertiary/aromatic N) is 3. The molecule has 3 aromatic heterocycles. The number of aromatic nitrogens is 2. The Morgan fingerprint density at radius 3 is 2.65 bits per heavy atom. The molecule has 0 radical (unpaired) electrons. The number of morpholine rings is 1. The first kappa shape index (κ1) is 26.7. The highest BCUT2D eigenvalue weighted by molar-refractivity contribution is 6.06. The van der Waals surface area contributed by atoms with E-state index in [1.54, 1.807) is 12.1 Å². The van der Waals surface area contributed by atoms with Crippen LogP contribution in [0.15, 0.2) is 56.2 Å². The molecule has 13 nitrogen and oxygen atoms in total. The van der Waals surface area contributed by atoms with Gasteiger partial charge in [0, 0.05) is 44.0 Å². The zero-order valence-corrected chi connectivity index (χ0v) is 22.5. The summed E-state index contributed by atoms with van der Waals surface area (Å²) in [5, 5.41) is 24.0. The van der Waals surface area contributed by atoms with Crippen molar-refractivity contribution in [2.24, 2.45) is 0 Å². The highest BCUT2D eigenvalue weighted by Gasteiger charge is 2.23. The number of ether oxygens (including phenoxy) is 1. The smallest absolute Gasteiger partial charge is 0.341 e. The zero-order valence-electron chi connectivity index (χ0n) is 22.5. The number of carboxylic acids is 1. The van der Waals surface area contributed by atoms with Crippen LogP contribution in [0.5, 0.6) is 0 Å². The highest BCUT2D eigenvalue weighted by atomic mass is 19.1. The lowest BCUT2D eigenvalue weighted by atomic mass is 10.1. The van der Waals surface area contributed by atoms with Crippen molar-refractivity contribution in [3.8, 4) is 0 Å². The number of aromatic carboxylic acids is 1. The van der Waals surface area contributed by atoms with E-state index in [0.29, 0.717) is 42.7 Å². The maximum Gasteiger partial charge on any atom is 0.341 e. The Morgan fingerprint density at radius 1 is 1.09 bits per heavy atom. The third-order valence-corrected chi connectivity index (χ3v) is 7.68. The van der Waals surface area contributed by atoms with Crippen molar-refractivity contribution in [1.82, 2.24) is 14.3 Å². The summed E-state index contributed by atoms with van der Waals surface area (Å²) in [6.07, 6.45) is 1.89. The number of carbonyl (C=O) groups is 1. The SMILES string of the molecule is O=C(O)c1cn2c3cc4oc5cc([N+](=O)[O-])ccc5[nH]c4cc3oc3c(NCCCN4CCOCC4)c(F)cc(c1=O)c32. The summed E-state index contributed by atoms with van der Waals surface area (Å²) in [6, 6.07) is 8.34. The van der Waals surface area contributed by atoms with Gasteiger partial charge in [-0.2, -0.15) is 0 Å². The van der Waals surface area contributed by atoms with E-state index >= 15 is 4.39 Å². The van der Waals surface area contributed by atoms with Crippen LogP contribution in [-0.4, -0.2) is 69.7 Å². The Kier molecular flexibility index (Phi) is 6.36. The molecule has 43 heavy (non-hydrogen) atoms. The standard InChI is InChI=1S/C29H24FN5O8/c30-18-11-16-26-28(25(18)31-4-1-5-33-6-8-41-9-7-33)43-24-12-20-23(13-21(24)34(26)14-17(27(16)36)29(37)38)42-22-10-15(35(39)40)2-3-19(22)32-20/h2-3,10-14,31-32H,1,4-9H2,(H,37,38). The van der Waals surface area contributed by atoms with E-state index in [9.17, 15) is 24.8 Å². The highest BCUT2D eigenvalue weighted by Crippen LogP contribution is 2.35. The molecule has 4 heterocycles. The number of rotatable bonds is 7. The lowest BCUT2D eigenvalue weighted by Gasteiger charge is -2.26. The summed E-state index contributed by atoms with van der Waals surface area (Å²) in [7, 11) is 0. The number of nitro benzene ring substituents is 1. The maximum atomic E-state index is 15.6. The molecular weight excluding hydrogens is 565 g/mol. The maximum absolute atomic E-state index is 15.6. The van der Waals surface area contributed by atoms with Crippen molar-refractivity contribution in [3.05, 3.63) is 74.3 Å². The van der Waals surface area contributed by atoms with Gasteiger partial charge in [0.15, 0.2) is 28.1 Å². The van der Waals surface area contributed by atoms with Gasteiger partial charge in [0.25, 0.3) is 5.69 Å². The lowest BCUT2D eigenvalue weighted by Crippen LogP contribution is -2.37.